The first-order valence-electron chi connectivity index (χ1n) is 16.8. The number of alkyl carbamates (subject to hydrolysis) is 1. The molecule has 2 rings (SSSR count). The number of carbonyl (C=O) groups is 5. The molecule has 4 amide bonds. The molecule has 15 nitrogen and oxygen atoms in total. The number of benzene rings is 2. The van der Waals surface area contributed by atoms with Gasteiger partial charge in [0.25, 0.3) is 0 Å². The molecule has 0 aliphatic carbocycles. The molecule has 16 heteroatoms. The fraction of sp³-hybridized carbons (Fsp3) is 0.486. The van der Waals surface area contributed by atoms with Gasteiger partial charge in [0, 0.05) is 39.6 Å². The summed E-state index contributed by atoms with van der Waals surface area (Å²) in [6.45, 7) is 3.13. The lowest BCUT2D eigenvalue weighted by Crippen LogP contribution is -2.39. The number of aliphatic imine (C=N–C) groups is 1. The molecule has 0 saturated carbocycles. The van der Waals surface area contributed by atoms with Crippen molar-refractivity contribution in [2.24, 2.45) is 16.5 Å². The second-order valence-electron chi connectivity index (χ2n) is 11.4. The number of hydrogen-bond acceptors (Lipinski definition) is 9. The van der Waals surface area contributed by atoms with Crippen LogP contribution in [0, 0.1) is 0 Å². The molecule has 0 bridgehead atoms. The van der Waals surface area contributed by atoms with Gasteiger partial charge >= 0.3 is 18.2 Å². The first kappa shape index (κ1) is 44.0. The largest absolute Gasteiger partial charge is 0.462 e. The number of rotatable bonds is 23. The SMILES string of the molecule is CC(=O)OC(CCCCN=C(N)N)CC(=O)NCC(=O)NCCCCN(CCCNC(=O)OCc1ccccc1)C(=O)OCc1ccccc1.Cl. The molecule has 0 aromatic heterocycles. The smallest absolute Gasteiger partial charge is 0.410 e. The normalized spacial score (nSPS) is 10.8. The van der Waals surface area contributed by atoms with E-state index in [-0.39, 0.29) is 50.5 Å². The van der Waals surface area contributed by atoms with Gasteiger partial charge in [0.2, 0.25) is 11.8 Å². The minimum absolute atomic E-state index is 0. The molecule has 0 radical (unpaired) electrons. The number of hydrogen-bond donors (Lipinski definition) is 5. The Balaban J connectivity index is 0.0000130. The zero-order valence-corrected chi connectivity index (χ0v) is 30.0. The number of nitrogens with one attached hydrogen (secondary N) is 3. The Morgan fingerprint density at radius 2 is 1.35 bits per heavy atom. The van der Waals surface area contributed by atoms with Crippen molar-refractivity contribution in [1.29, 1.82) is 0 Å². The van der Waals surface area contributed by atoms with Crippen molar-refractivity contribution in [2.45, 2.75) is 71.2 Å². The van der Waals surface area contributed by atoms with E-state index in [0.29, 0.717) is 71.2 Å². The zero-order chi connectivity index (χ0) is 36.4. The lowest BCUT2D eigenvalue weighted by Gasteiger charge is -2.22. The molecule has 2 aromatic carbocycles. The van der Waals surface area contributed by atoms with E-state index in [0.717, 1.165) is 11.1 Å². The highest BCUT2D eigenvalue weighted by molar-refractivity contribution is 5.85. The van der Waals surface area contributed by atoms with Crippen LogP contribution in [0.2, 0.25) is 0 Å². The summed E-state index contributed by atoms with van der Waals surface area (Å²) in [4.78, 5) is 66.6. The van der Waals surface area contributed by atoms with Crippen LogP contribution in [0.5, 0.6) is 0 Å². The number of ether oxygens (including phenoxy) is 3. The van der Waals surface area contributed by atoms with E-state index in [1.54, 1.807) is 4.90 Å². The number of amides is 4. The summed E-state index contributed by atoms with van der Waals surface area (Å²) < 4.78 is 16.0. The molecule has 1 atom stereocenters. The zero-order valence-electron chi connectivity index (χ0n) is 29.2. The quantitative estimate of drug-likeness (QED) is 0.0370. The van der Waals surface area contributed by atoms with Crippen molar-refractivity contribution in [1.82, 2.24) is 20.9 Å². The topological polar surface area (TPSA) is 217 Å². The van der Waals surface area contributed by atoms with Crippen LogP contribution >= 0.6 is 12.4 Å². The maximum atomic E-state index is 12.9. The van der Waals surface area contributed by atoms with E-state index in [4.69, 9.17) is 25.7 Å². The highest BCUT2D eigenvalue weighted by atomic mass is 35.5. The van der Waals surface area contributed by atoms with Gasteiger partial charge in [0.05, 0.1) is 13.0 Å². The van der Waals surface area contributed by atoms with Crippen molar-refractivity contribution in [3.05, 3.63) is 71.8 Å². The number of carbonyl (C=O) groups excluding carboxylic acids is 5. The van der Waals surface area contributed by atoms with Crippen molar-refractivity contribution in [2.75, 3.05) is 39.3 Å². The molecule has 7 N–H and O–H groups in total. The Hall–Kier alpha value is -5.05. The summed E-state index contributed by atoms with van der Waals surface area (Å²) in [5, 5.41) is 8.00. The van der Waals surface area contributed by atoms with Crippen LogP contribution in [-0.4, -0.2) is 86.2 Å². The standard InChI is InChI=1S/C35H51N7O8.ClH/c1-27(43)50-30(17-8-9-19-39-33(36)37)23-31(44)41-24-32(45)38-18-10-11-21-42(35(47)49-26-29-15-6-3-7-16-29)22-12-20-40-34(46)48-25-28-13-4-2-5-14-28;/h2-7,13-16,30H,8-12,17-26H2,1H3,(H,38,45)(H,40,46)(H,41,44)(H4,36,37,39);1H. The molecule has 51 heavy (non-hydrogen) atoms. The van der Waals surface area contributed by atoms with Gasteiger partial charge in [-0.15, -0.1) is 12.4 Å². The van der Waals surface area contributed by atoms with E-state index < -0.39 is 30.2 Å². The third kappa shape index (κ3) is 22.3. The van der Waals surface area contributed by atoms with Crippen LogP contribution < -0.4 is 27.4 Å². The number of nitrogens with zero attached hydrogens (tertiary/aromatic N) is 2. The molecule has 1 unspecified atom stereocenters. The second kappa shape index (κ2) is 26.8. The van der Waals surface area contributed by atoms with E-state index in [1.165, 1.54) is 6.92 Å². The van der Waals surface area contributed by atoms with Crippen molar-refractivity contribution >= 4 is 48.3 Å². The predicted molar refractivity (Wildman–Crippen MR) is 195 cm³/mol. The summed E-state index contributed by atoms with van der Waals surface area (Å²) in [7, 11) is 0. The Labute approximate surface area is 305 Å². The van der Waals surface area contributed by atoms with Crippen LogP contribution in [0.25, 0.3) is 0 Å². The van der Waals surface area contributed by atoms with Crippen molar-refractivity contribution in [3.8, 4) is 0 Å². The van der Waals surface area contributed by atoms with Crippen LogP contribution in [0.4, 0.5) is 9.59 Å². The summed E-state index contributed by atoms with van der Waals surface area (Å²) in [5.74, 6) is -1.28. The first-order valence-corrected chi connectivity index (χ1v) is 16.8. The van der Waals surface area contributed by atoms with E-state index >= 15 is 0 Å². The number of guanidine groups is 1. The third-order valence-corrected chi connectivity index (χ3v) is 7.15. The Morgan fingerprint density at radius 1 is 0.745 bits per heavy atom. The molecule has 2 aromatic rings. The minimum Gasteiger partial charge on any atom is -0.462 e. The van der Waals surface area contributed by atoms with Crippen molar-refractivity contribution < 1.29 is 38.2 Å². The summed E-state index contributed by atoms with van der Waals surface area (Å²) >= 11 is 0. The van der Waals surface area contributed by atoms with E-state index in [1.807, 2.05) is 60.7 Å². The van der Waals surface area contributed by atoms with Gasteiger partial charge in [-0.05, 0) is 49.7 Å². The minimum atomic E-state index is -0.624. The fourth-order valence-electron chi connectivity index (χ4n) is 4.64. The Morgan fingerprint density at radius 3 is 1.98 bits per heavy atom. The molecular weight excluding hydrogens is 682 g/mol. The number of unbranched alkanes of at least 4 members (excludes halogenated alkanes) is 2. The molecule has 0 fully saturated rings. The van der Waals surface area contributed by atoms with Crippen molar-refractivity contribution in [3.63, 3.8) is 0 Å². The lowest BCUT2D eigenvalue weighted by molar-refractivity contribution is -0.148. The Kier molecular flexibility index (Phi) is 23.1. The monoisotopic (exact) mass is 733 g/mol. The lowest BCUT2D eigenvalue weighted by atomic mass is 10.1. The van der Waals surface area contributed by atoms with E-state index in [9.17, 15) is 24.0 Å². The molecular formula is C35H52ClN7O8. The third-order valence-electron chi connectivity index (χ3n) is 7.15. The van der Waals surface area contributed by atoms with Crippen LogP contribution in [0.1, 0.15) is 63.0 Å². The predicted octanol–water partition coefficient (Wildman–Crippen LogP) is 3.14. The highest BCUT2D eigenvalue weighted by Gasteiger charge is 2.18. The van der Waals surface area contributed by atoms with E-state index in [2.05, 4.69) is 20.9 Å². The van der Waals surface area contributed by atoms with Gasteiger partial charge in [-0.2, -0.15) is 0 Å². The van der Waals surface area contributed by atoms with Gasteiger partial charge < -0.3 is 46.5 Å². The van der Waals surface area contributed by atoms with Gasteiger partial charge in [0.1, 0.15) is 19.3 Å². The highest BCUT2D eigenvalue weighted by Crippen LogP contribution is 2.10. The number of halogens is 1. The number of esters is 1. The van der Waals surface area contributed by atoms with Crippen LogP contribution in [0.3, 0.4) is 0 Å². The van der Waals surface area contributed by atoms with Gasteiger partial charge in [-0.3, -0.25) is 19.4 Å². The van der Waals surface area contributed by atoms with Gasteiger partial charge in [0.15, 0.2) is 5.96 Å². The summed E-state index contributed by atoms with van der Waals surface area (Å²) in [6, 6.07) is 18.7. The maximum absolute atomic E-state index is 12.9. The first-order chi connectivity index (χ1) is 24.1. The Bertz CT molecular complexity index is 1350. The molecule has 0 saturated heterocycles. The molecule has 282 valence electrons. The molecule has 0 heterocycles. The molecule has 0 aliphatic rings. The van der Waals surface area contributed by atoms with Crippen LogP contribution in [-0.2, 0) is 41.8 Å². The fourth-order valence-corrected chi connectivity index (χ4v) is 4.64. The summed E-state index contributed by atoms with van der Waals surface area (Å²) in [5.41, 5.74) is 12.4. The second-order valence-corrected chi connectivity index (χ2v) is 11.4. The average molecular weight is 734 g/mol. The average Bonchev–Trinajstić information content (AvgIpc) is 3.09. The van der Waals surface area contributed by atoms with Gasteiger partial charge in [-0.25, -0.2) is 9.59 Å². The number of nitrogens with two attached hydrogens (primary N) is 2. The molecule has 0 aliphatic heterocycles. The van der Waals surface area contributed by atoms with Gasteiger partial charge in [-0.1, -0.05) is 60.7 Å². The molecule has 0 spiro atoms. The maximum Gasteiger partial charge on any atom is 0.410 e. The van der Waals surface area contributed by atoms with Crippen LogP contribution in [0.15, 0.2) is 65.7 Å². The summed E-state index contributed by atoms with van der Waals surface area (Å²) in [6.07, 6.45) is 1.67.